The highest BCUT2D eigenvalue weighted by Gasteiger charge is 2.13. The van der Waals surface area contributed by atoms with Crippen LogP contribution in [0.5, 0.6) is 0 Å². The second-order valence-electron chi connectivity index (χ2n) is 3.50. The lowest BCUT2D eigenvalue weighted by atomic mass is 10.1. The number of hydrogen-bond acceptors (Lipinski definition) is 3. The minimum Gasteiger partial charge on any atom is -0.370 e. The fourth-order valence-electron chi connectivity index (χ4n) is 1.27. The number of sulfone groups is 1. The third-order valence-electron chi connectivity index (χ3n) is 2.06. The maximum atomic E-state index is 13.4. The molecule has 0 saturated carbocycles. The van der Waals surface area contributed by atoms with Crippen LogP contribution in [0, 0.1) is 5.82 Å². The average Bonchev–Trinajstić information content (AvgIpc) is 2.12. The molecule has 0 heterocycles. The van der Waals surface area contributed by atoms with Crippen LogP contribution in [0.3, 0.4) is 0 Å². The number of carbonyl (C=O) groups excluding carboxylic acids is 1. The number of rotatable bonds is 4. The van der Waals surface area contributed by atoms with E-state index in [4.69, 9.17) is 5.73 Å². The Labute approximate surface area is 93.2 Å². The van der Waals surface area contributed by atoms with Gasteiger partial charge in [-0.1, -0.05) is 6.07 Å². The van der Waals surface area contributed by atoms with Gasteiger partial charge in [-0.3, -0.25) is 4.79 Å². The fourth-order valence-corrected chi connectivity index (χ4v) is 2.00. The number of amides is 1. The third kappa shape index (κ3) is 3.30. The molecular weight excluding hydrogens is 233 g/mol. The standard InChI is InChI=1S/C10H12FNO3S/c1-16(14,15)9-4-2-7(6-8(9)11)3-5-10(12)13/h2,4,6H,3,5H2,1H3,(H2,12,13). The summed E-state index contributed by atoms with van der Waals surface area (Å²) in [5.41, 5.74) is 5.49. The van der Waals surface area contributed by atoms with Crippen LogP contribution in [0.2, 0.25) is 0 Å². The van der Waals surface area contributed by atoms with E-state index in [1.165, 1.54) is 12.1 Å². The fraction of sp³-hybridized carbons (Fsp3) is 0.300. The Morgan fingerprint density at radius 1 is 1.44 bits per heavy atom. The number of carbonyl (C=O) groups is 1. The van der Waals surface area contributed by atoms with Crippen molar-refractivity contribution in [2.75, 3.05) is 6.26 Å². The van der Waals surface area contributed by atoms with E-state index >= 15 is 0 Å². The van der Waals surface area contributed by atoms with E-state index < -0.39 is 21.6 Å². The molecule has 2 N–H and O–H groups in total. The molecule has 0 bridgehead atoms. The van der Waals surface area contributed by atoms with Gasteiger partial charge in [0.1, 0.15) is 10.7 Å². The van der Waals surface area contributed by atoms with Crippen LogP contribution < -0.4 is 5.73 Å². The largest absolute Gasteiger partial charge is 0.370 e. The molecule has 0 atom stereocenters. The zero-order chi connectivity index (χ0) is 12.3. The Bertz CT molecular complexity index is 511. The second kappa shape index (κ2) is 4.61. The molecule has 1 aromatic carbocycles. The summed E-state index contributed by atoms with van der Waals surface area (Å²) in [5.74, 6) is -1.28. The Kier molecular flexibility index (Phi) is 3.64. The molecule has 0 aromatic heterocycles. The highest BCUT2D eigenvalue weighted by atomic mass is 32.2. The number of halogens is 1. The lowest BCUT2D eigenvalue weighted by Gasteiger charge is -2.03. The van der Waals surface area contributed by atoms with Gasteiger partial charge in [-0.25, -0.2) is 12.8 Å². The third-order valence-corrected chi connectivity index (χ3v) is 3.19. The summed E-state index contributed by atoms with van der Waals surface area (Å²) in [6.45, 7) is 0. The van der Waals surface area contributed by atoms with E-state index in [0.717, 1.165) is 12.3 Å². The van der Waals surface area contributed by atoms with Crippen LogP contribution >= 0.6 is 0 Å². The van der Waals surface area contributed by atoms with E-state index in [0.29, 0.717) is 12.0 Å². The molecule has 1 amide bonds. The van der Waals surface area contributed by atoms with Gasteiger partial charge in [-0.05, 0) is 24.1 Å². The van der Waals surface area contributed by atoms with Crippen molar-refractivity contribution in [2.24, 2.45) is 5.73 Å². The van der Waals surface area contributed by atoms with Crippen molar-refractivity contribution in [3.63, 3.8) is 0 Å². The Morgan fingerprint density at radius 3 is 2.50 bits per heavy atom. The minimum absolute atomic E-state index is 0.109. The van der Waals surface area contributed by atoms with Crippen molar-refractivity contribution >= 4 is 15.7 Å². The van der Waals surface area contributed by atoms with Crippen LogP contribution in [0.25, 0.3) is 0 Å². The van der Waals surface area contributed by atoms with Gasteiger partial charge in [0.05, 0.1) is 0 Å². The van der Waals surface area contributed by atoms with Gasteiger partial charge in [-0.2, -0.15) is 0 Å². The summed E-state index contributed by atoms with van der Waals surface area (Å²) < 4.78 is 35.6. The molecule has 0 aliphatic carbocycles. The summed E-state index contributed by atoms with van der Waals surface area (Å²) in [7, 11) is -3.55. The van der Waals surface area contributed by atoms with E-state index in [9.17, 15) is 17.6 Å². The van der Waals surface area contributed by atoms with Crippen LogP contribution in [0.4, 0.5) is 4.39 Å². The zero-order valence-corrected chi connectivity index (χ0v) is 9.55. The predicted octanol–water partition coefficient (Wildman–Crippen LogP) is 0.647. The summed E-state index contributed by atoms with van der Waals surface area (Å²) >= 11 is 0. The lowest BCUT2D eigenvalue weighted by molar-refractivity contribution is -0.117. The van der Waals surface area contributed by atoms with Gasteiger partial charge >= 0.3 is 0 Å². The maximum Gasteiger partial charge on any atom is 0.217 e. The number of aryl methyl sites for hydroxylation is 1. The lowest BCUT2D eigenvalue weighted by Crippen LogP contribution is -2.11. The quantitative estimate of drug-likeness (QED) is 0.846. The first-order valence-corrected chi connectivity index (χ1v) is 6.46. The molecule has 16 heavy (non-hydrogen) atoms. The Morgan fingerprint density at radius 2 is 2.06 bits per heavy atom. The highest BCUT2D eigenvalue weighted by Crippen LogP contribution is 2.16. The van der Waals surface area contributed by atoms with E-state index in [2.05, 4.69) is 0 Å². The van der Waals surface area contributed by atoms with Crippen molar-refractivity contribution < 1.29 is 17.6 Å². The van der Waals surface area contributed by atoms with Crippen molar-refractivity contribution in [3.05, 3.63) is 29.6 Å². The average molecular weight is 245 g/mol. The number of hydrogen-bond donors (Lipinski definition) is 1. The molecule has 0 aliphatic rings. The summed E-state index contributed by atoms with van der Waals surface area (Å²) in [6, 6.07) is 3.78. The van der Waals surface area contributed by atoms with Gasteiger partial charge in [-0.15, -0.1) is 0 Å². The highest BCUT2D eigenvalue weighted by molar-refractivity contribution is 7.90. The summed E-state index contributed by atoms with van der Waals surface area (Å²) in [5, 5.41) is 0. The van der Waals surface area contributed by atoms with E-state index in [-0.39, 0.29) is 11.3 Å². The monoisotopic (exact) mass is 245 g/mol. The Hall–Kier alpha value is -1.43. The molecule has 0 radical (unpaired) electrons. The van der Waals surface area contributed by atoms with Crippen molar-refractivity contribution in [2.45, 2.75) is 17.7 Å². The normalized spacial score (nSPS) is 11.4. The number of nitrogens with two attached hydrogens (primary N) is 1. The molecule has 0 fully saturated rings. The predicted molar refractivity (Wildman–Crippen MR) is 57.0 cm³/mol. The Balaban J connectivity index is 2.96. The molecule has 0 saturated heterocycles. The SMILES string of the molecule is CS(=O)(=O)c1ccc(CCC(N)=O)cc1F. The smallest absolute Gasteiger partial charge is 0.217 e. The molecule has 1 rings (SSSR count). The topological polar surface area (TPSA) is 77.2 Å². The zero-order valence-electron chi connectivity index (χ0n) is 8.73. The van der Waals surface area contributed by atoms with Gasteiger partial charge in [0.25, 0.3) is 0 Å². The minimum atomic E-state index is -3.55. The first-order valence-electron chi connectivity index (χ1n) is 4.57. The summed E-state index contributed by atoms with van der Waals surface area (Å²) in [4.78, 5) is 10.2. The molecule has 4 nitrogen and oxygen atoms in total. The number of primary amides is 1. The molecule has 88 valence electrons. The van der Waals surface area contributed by atoms with Gasteiger partial charge in [0.15, 0.2) is 9.84 Å². The molecular formula is C10H12FNO3S. The van der Waals surface area contributed by atoms with E-state index in [1.807, 2.05) is 0 Å². The molecule has 1 aromatic rings. The van der Waals surface area contributed by atoms with Gasteiger partial charge in [0, 0.05) is 12.7 Å². The first-order chi connectivity index (χ1) is 7.30. The van der Waals surface area contributed by atoms with Crippen LogP contribution in [0.15, 0.2) is 23.1 Å². The second-order valence-corrected chi connectivity index (χ2v) is 5.49. The van der Waals surface area contributed by atoms with Crippen molar-refractivity contribution in [1.82, 2.24) is 0 Å². The molecule has 6 heteroatoms. The van der Waals surface area contributed by atoms with Crippen LogP contribution in [-0.2, 0) is 21.1 Å². The van der Waals surface area contributed by atoms with Crippen LogP contribution in [0.1, 0.15) is 12.0 Å². The van der Waals surface area contributed by atoms with Gasteiger partial charge < -0.3 is 5.73 Å². The molecule has 0 aliphatic heterocycles. The molecule has 0 spiro atoms. The summed E-state index contributed by atoms with van der Waals surface area (Å²) in [6.07, 6.45) is 1.35. The first kappa shape index (κ1) is 12.6. The number of benzene rings is 1. The van der Waals surface area contributed by atoms with Crippen molar-refractivity contribution in [3.8, 4) is 0 Å². The van der Waals surface area contributed by atoms with Gasteiger partial charge in [0.2, 0.25) is 5.91 Å². The van der Waals surface area contributed by atoms with Crippen LogP contribution in [-0.4, -0.2) is 20.6 Å². The van der Waals surface area contributed by atoms with E-state index in [1.54, 1.807) is 0 Å². The maximum absolute atomic E-state index is 13.4. The van der Waals surface area contributed by atoms with Crippen molar-refractivity contribution in [1.29, 1.82) is 0 Å². The molecule has 0 unspecified atom stereocenters.